The Balaban J connectivity index is 1.57. The summed E-state index contributed by atoms with van der Waals surface area (Å²) in [4.78, 5) is 8.48. The van der Waals surface area contributed by atoms with Gasteiger partial charge in [-0.2, -0.15) is 0 Å². The van der Waals surface area contributed by atoms with Gasteiger partial charge in [0.25, 0.3) is 0 Å². The molecule has 108 valence electrons. The number of rotatable bonds is 6. The molecule has 1 N–H and O–H groups in total. The van der Waals surface area contributed by atoms with E-state index in [0.717, 1.165) is 42.0 Å². The van der Waals surface area contributed by atoms with E-state index in [1.165, 1.54) is 5.56 Å². The normalized spacial score (nSPS) is 11.1. The maximum absolute atomic E-state index is 6.20. The molecule has 5 heteroatoms. The van der Waals surface area contributed by atoms with Gasteiger partial charge in [-0.05, 0) is 36.7 Å². The number of halogens is 1. The molecule has 3 rings (SSSR count). The first kappa shape index (κ1) is 14.0. The molecule has 0 unspecified atom stereocenters. The summed E-state index contributed by atoms with van der Waals surface area (Å²) in [6, 6.07) is 7.90. The number of imidazole rings is 1. The third-order valence-electron chi connectivity index (χ3n) is 3.44. The van der Waals surface area contributed by atoms with Crippen LogP contribution in [-0.4, -0.2) is 21.1 Å². The predicted octanol–water partition coefficient (Wildman–Crippen LogP) is 3.26. The zero-order valence-corrected chi connectivity index (χ0v) is 12.4. The highest BCUT2D eigenvalue weighted by Gasteiger charge is 2.05. The summed E-state index contributed by atoms with van der Waals surface area (Å²) in [7, 11) is 0. The van der Waals surface area contributed by atoms with Gasteiger partial charge in [0, 0.05) is 42.1 Å². The molecule has 0 bridgehead atoms. The summed E-state index contributed by atoms with van der Waals surface area (Å²) < 4.78 is 2.08. The van der Waals surface area contributed by atoms with Gasteiger partial charge in [-0.15, -0.1) is 0 Å². The van der Waals surface area contributed by atoms with Crippen LogP contribution in [-0.2, 0) is 13.1 Å². The van der Waals surface area contributed by atoms with E-state index in [2.05, 4.69) is 19.9 Å². The van der Waals surface area contributed by atoms with Crippen LogP contribution in [0, 0.1) is 0 Å². The number of hydrogen-bond donors (Lipinski definition) is 1. The Hall–Kier alpha value is -1.91. The number of nitrogens with one attached hydrogen (secondary N) is 1. The molecule has 0 amide bonds. The number of aryl methyl sites for hydroxylation is 1. The maximum atomic E-state index is 6.20. The highest BCUT2D eigenvalue weighted by Crippen LogP contribution is 2.24. The van der Waals surface area contributed by atoms with Crippen molar-refractivity contribution >= 4 is 22.5 Å². The highest BCUT2D eigenvalue weighted by molar-refractivity contribution is 6.35. The fourth-order valence-corrected chi connectivity index (χ4v) is 2.58. The van der Waals surface area contributed by atoms with E-state index >= 15 is 0 Å². The predicted molar refractivity (Wildman–Crippen MR) is 85.3 cm³/mol. The minimum Gasteiger partial charge on any atom is -0.337 e. The molecule has 21 heavy (non-hydrogen) atoms. The second kappa shape index (κ2) is 6.70. The van der Waals surface area contributed by atoms with E-state index in [4.69, 9.17) is 11.6 Å². The summed E-state index contributed by atoms with van der Waals surface area (Å²) in [6.45, 7) is 2.73. The van der Waals surface area contributed by atoms with E-state index in [0.29, 0.717) is 0 Å². The number of hydrogen-bond acceptors (Lipinski definition) is 3. The van der Waals surface area contributed by atoms with Gasteiger partial charge in [0.15, 0.2) is 0 Å². The van der Waals surface area contributed by atoms with Crippen LogP contribution < -0.4 is 5.32 Å². The molecule has 0 aliphatic carbocycles. The summed E-state index contributed by atoms with van der Waals surface area (Å²) in [5.41, 5.74) is 2.16. The quantitative estimate of drug-likeness (QED) is 0.711. The van der Waals surface area contributed by atoms with Crippen LogP contribution >= 0.6 is 11.6 Å². The van der Waals surface area contributed by atoms with Crippen LogP contribution in [0.1, 0.15) is 12.0 Å². The van der Waals surface area contributed by atoms with Crippen molar-refractivity contribution in [3.8, 4) is 0 Å². The first-order valence-electron chi connectivity index (χ1n) is 7.03. The van der Waals surface area contributed by atoms with Crippen LogP contribution in [0.25, 0.3) is 10.9 Å². The Morgan fingerprint density at radius 1 is 1.19 bits per heavy atom. The van der Waals surface area contributed by atoms with Gasteiger partial charge in [0.1, 0.15) is 0 Å². The van der Waals surface area contributed by atoms with Gasteiger partial charge >= 0.3 is 0 Å². The van der Waals surface area contributed by atoms with Gasteiger partial charge in [0.05, 0.1) is 11.8 Å². The molecular formula is C16H17ClN4. The van der Waals surface area contributed by atoms with Crippen molar-refractivity contribution in [1.82, 2.24) is 19.9 Å². The van der Waals surface area contributed by atoms with Gasteiger partial charge in [-0.1, -0.05) is 17.7 Å². The third kappa shape index (κ3) is 3.40. The molecule has 0 atom stereocenters. The van der Waals surface area contributed by atoms with Crippen LogP contribution in [0.4, 0.5) is 0 Å². The van der Waals surface area contributed by atoms with E-state index in [-0.39, 0.29) is 0 Å². The van der Waals surface area contributed by atoms with Gasteiger partial charge < -0.3 is 9.88 Å². The number of pyridine rings is 1. The van der Waals surface area contributed by atoms with Gasteiger partial charge in [-0.3, -0.25) is 4.98 Å². The smallest absolute Gasteiger partial charge is 0.0945 e. The van der Waals surface area contributed by atoms with E-state index in [1.807, 2.05) is 36.8 Å². The van der Waals surface area contributed by atoms with Crippen LogP contribution in [0.15, 0.2) is 49.2 Å². The lowest BCUT2D eigenvalue weighted by molar-refractivity contribution is 0.581. The summed E-state index contributed by atoms with van der Waals surface area (Å²) in [5.74, 6) is 0. The SMILES string of the molecule is Clc1ccc(CNCCCn2ccnc2)c2ncccc12. The third-order valence-corrected chi connectivity index (χ3v) is 3.77. The van der Waals surface area contributed by atoms with E-state index < -0.39 is 0 Å². The molecular weight excluding hydrogens is 284 g/mol. The average molecular weight is 301 g/mol. The number of aromatic nitrogens is 3. The zero-order valence-electron chi connectivity index (χ0n) is 11.7. The molecule has 0 aliphatic heterocycles. The van der Waals surface area contributed by atoms with Crippen molar-refractivity contribution in [2.45, 2.75) is 19.5 Å². The molecule has 0 radical (unpaired) electrons. The Morgan fingerprint density at radius 3 is 3.00 bits per heavy atom. The van der Waals surface area contributed by atoms with Crippen LogP contribution in [0.2, 0.25) is 5.02 Å². The second-order valence-electron chi connectivity index (χ2n) is 4.94. The molecule has 4 nitrogen and oxygen atoms in total. The molecule has 0 aliphatic rings. The number of nitrogens with zero attached hydrogens (tertiary/aromatic N) is 3. The molecule has 1 aromatic carbocycles. The minimum atomic E-state index is 0.752. The van der Waals surface area contributed by atoms with Crippen molar-refractivity contribution in [3.05, 3.63) is 59.8 Å². The Bertz CT molecular complexity index is 709. The number of fused-ring (bicyclic) bond motifs is 1. The summed E-state index contributed by atoms with van der Waals surface area (Å²) in [6.07, 6.45) is 8.50. The summed E-state index contributed by atoms with van der Waals surface area (Å²) >= 11 is 6.20. The lowest BCUT2D eigenvalue weighted by Gasteiger charge is -2.09. The highest BCUT2D eigenvalue weighted by atomic mass is 35.5. The van der Waals surface area contributed by atoms with Gasteiger partial charge in [-0.25, -0.2) is 4.98 Å². The molecule has 2 aromatic heterocycles. The second-order valence-corrected chi connectivity index (χ2v) is 5.34. The molecule has 0 spiro atoms. The van der Waals surface area contributed by atoms with E-state index in [9.17, 15) is 0 Å². The van der Waals surface area contributed by atoms with Crippen molar-refractivity contribution in [2.75, 3.05) is 6.54 Å². The lowest BCUT2D eigenvalue weighted by atomic mass is 10.1. The largest absolute Gasteiger partial charge is 0.337 e. The number of benzene rings is 1. The fraction of sp³-hybridized carbons (Fsp3) is 0.250. The molecule has 3 aromatic rings. The Labute approximate surface area is 128 Å². The van der Waals surface area contributed by atoms with Crippen molar-refractivity contribution < 1.29 is 0 Å². The first-order chi connectivity index (χ1) is 10.3. The lowest BCUT2D eigenvalue weighted by Crippen LogP contribution is -2.16. The fourth-order valence-electron chi connectivity index (χ4n) is 2.37. The molecule has 0 saturated heterocycles. The van der Waals surface area contributed by atoms with Crippen molar-refractivity contribution in [3.63, 3.8) is 0 Å². The van der Waals surface area contributed by atoms with Crippen molar-refractivity contribution in [1.29, 1.82) is 0 Å². The zero-order chi connectivity index (χ0) is 14.5. The molecule has 0 fully saturated rings. The molecule has 0 saturated carbocycles. The maximum Gasteiger partial charge on any atom is 0.0945 e. The Kier molecular flexibility index (Phi) is 4.48. The average Bonchev–Trinajstić information content (AvgIpc) is 3.03. The molecule has 2 heterocycles. The topological polar surface area (TPSA) is 42.7 Å². The van der Waals surface area contributed by atoms with Gasteiger partial charge in [0.2, 0.25) is 0 Å². The van der Waals surface area contributed by atoms with E-state index in [1.54, 1.807) is 12.4 Å². The summed E-state index contributed by atoms with van der Waals surface area (Å²) in [5, 5.41) is 5.22. The van der Waals surface area contributed by atoms with Crippen molar-refractivity contribution in [2.24, 2.45) is 0 Å². The standard InChI is InChI=1S/C16H17ClN4/c17-15-5-4-13(16-14(15)3-1-7-20-16)11-18-6-2-9-21-10-8-19-12-21/h1,3-5,7-8,10,12,18H,2,6,9,11H2. The van der Waals surface area contributed by atoms with Crippen LogP contribution in [0.3, 0.4) is 0 Å². The monoisotopic (exact) mass is 300 g/mol. The Morgan fingerprint density at radius 2 is 2.14 bits per heavy atom. The minimum absolute atomic E-state index is 0.752. The first-order valence-corrected chi connectivity index (χ1v) is 7.41. The van der Waals surface area contributed by atoms with Crippen LogP contribution in [0.5, 0.6) is 0 Å².